The molecule has 0 saturated carbocycles. The summed E-state index contributed by atoms with van der Waals surface area (Å²) < 4.78 is 0. The Kier molecular flexibility index (Phi) is 5.30. The van der Waals surface area contributed by atoms with Crippen molar-refractivity contribution in [2.75, 3.05) is 0 Å². The van der Waals surface area contributed by atoms with Gasteiger partial charge in [0.25, 0.3) is 0 Å². The first kappa shape index (κ1) is 13.5. The molecule has 0 aromatic heterocycles. The number of hydrogen-bond acceptors (Lipinski definition) is 1. The lowest BCUT2D eigenvalue weighted by Crippen LogP contribution is -2.14. The smallest absolute Gasteiger partial charge is 0.0563 e. The molecule has 0 aliphatic carbocycles. The van der Waals surface area contributed by atoms with Crippen molar-refractivity contribution in [1.82, 2.24) is 0 Å². The van der Waals surface area contributed by atoms with Crippen LogP contribution in [0.15, 0.2) is 18.2 Å². The molecular formula is C14H21ClO. The van der Waals surface area contributed by atoms with Gasteiger partial charge in [0.1, 0.15) is 0 Å². The van der Waals surface area contributed by atoms with E-state index in [4.69, 9.17) is 11.6 Å². The van der Waals surface area contributed by atoms with Crippen LogP contribution >= 0.6 is 11.6 Å². The molecule has 1 unspecified atom stereocenters. The molecule has 90 valence electrons. The molecule has 0 spiro atoms. The van der Waals surface area contributed by atoms with E-state index in [0.29, 0.717) is 5.92 Å². The van der Waals surface area contributed by atoms with E-state index in [1.165, 1.54) is 11.1 Å². The Morgan fingerprint density at radius 1 is 1.31 bits per heavy atom. The van der Waals surface area contributed by atoms with E-state index in [-0.39, 0.29) is 6.10 Å². The molecule has 2 heteroatoms. The van der Waals surface area contributed by atoms with E-state index in [0.717, 1.165) is 24.3 Å². The summed E-state index contributed by atoms with van der Waals surface area (Å²) >= 11 is 6.14. The largest absolute Gasteiger partial charge is 0.393 e. The summed E-state index contributed by atoms with van der Waals surface area (Å²) in [5.41, 5.74) is 2.37. The Morgan fingerprint density at radius 2 is 2.00 bits per heavy atom. The third-order valence-corrected chi connectivity index (χ3v) is 3.28. The van der Waals surface area contributed by atoms with Gasteiger partial charge in [-0.3, -0.25) is 0 Å². The summed E-state index contributed by atoms with van der Waals surface area (Å²) in [6, 6.07) is 6.16. The fourth-order valence-electron chi connectivity index (χ4n) is 1.69. The normalized spacial score (nSPS) is 13.1. The van der Waals surface area contributed by atoms with Crippen LogP contribution in [0.3, 0.4) is 0 Å². The van der Waals surface area contributed by atoms with Crippen molar-refractivity contribution in [3.63, 3.8) is 0 Å². The third-order valence-electron chi connectivity index (χ3n) is 2.92. The van der Waals surface area contributed by atoms with Crippen LogP contribution < -0.4 is 0 Å². The Bertz CT molecular complexity index is 334. The molecule has 1 aromatic carbocycles. The lowest BCUT2D eigenvalue weighted by Gasteiger charge is -2.14. The van der Waals surface area contributed by atoms with Crippen LogP contribution in [0.2, 0.25) is 5.02 Å². The predicted molar refractivity (Wildman–Crippen MR) is 70.0 cm³/mol. The highest BCUT2D eigenvalue weighted by Crippen LogP contribution is 2.20. The zero-order valence-electron chi connectivity index (χ0n) is 10.3. The van der Waals surface area contributed by atoms with Crippen molar-refractivity contribution in [2.24, 2.45) is 5.92 Å². The minimum absolute atomic E-state index is 0.191. The molecular weight excluding hydrogens is 220 g/mol. The molecule has 0 heterocycles. The highest BCUT2D eigenvalue weighted by molar-refractivity contribution is 6.31. The van der Waals surface area contributed by atoms with Gasteiger partial charge in [-0.25, -0.2) is 0 Å². The molecule has 1 nitrogen and oxygen atoms in total. The first-order valence-corrected chi connectivity index (χ1v) is 6.31. The molecule has 1 N–H and O–H groups in total. The highest BCUT2D eigenvalue weighted by atomic mass is 35.5. The number of aliphatic hydroxyl groups is 1. The predicted octanol–water partition coefficient (Wildman–Crippen LogP) is 3.99. The minimum Gasteiger partial charge on any atom is -0.393 e. The van der Waals surface area contributed by atoms with Crippen LogP contribution in [0.25, 0.3) is 0 Å². The molecule has 0 fully saturated rings. The fourth-order valence-corrected chi connectivity index (χ4v) is 2.02. The molecule has 1 rings (SSSR count). The first-order valence-electron chi connectivity index (χ1n) is 5.94. The summed E-state index contributed by atoms with van der Waals surface area (Å²) in [6.45, 7) is 6.13. The quantitative estimate of drug-likeness (QED) is 0.825. The maximum Gasteiger partial charge on any atom is 0.0563 e. The van der Waals surface area contributed by atoms with Gasteiger partial charge in [-0.2, -0.15) is 0 Å². The highest BCUT2D eigenvalue weighted by Gasteiger charge is 2.09. The van der Waals surface area contributed by atoms with Crippen molar-refractivity contribution >= 4 is 11.6 Å². The minimum atomic E-state index is -0.191. The zero-order chi connectivity index (χ0) is 12.1. The fraction of sp³-hybridized carbons (Fsp3) is 0.571. The molecule has 1 aromatic rings. The van der Waals surface area contributed by atoms with Gasteiger partial charge in [-0.05, 0) is 49.3 Å². The molecule has 16 heavy (non-hydrogen) atoms. The SMILES string of the molecule is Cc1ccc(CCCC(O)C(C)C)c(Cl)c1. The lowest BCUT2D eigenvalue weighted by atomic mass is 9.99. The Labute approximate surface area is 103 Å². The van der Waals surface area contributed by atoms with Crippen LogP contribution in [0.5, 0.6) is 0 Å². The number of rotatable bonds is 5. The number of aryl methyl sites for hydroxylation is 2. The summed E-state index contributed by atoms with van der Waals surface area (Å²) in [4.78, 5) is 0. The summed E-state index contributed by atoms with van der Waals surface area (Å²) in [6.07, 6.45) is 2.59. The Balaban J connectivity index is 2.43. The summed E-state index contributed by atoms with van der Waals surface area (Å²) in [7, 11) is 0. The van der Waals surface area contributed by atoms with Crippen LogP contribution in [0.1, 0.15) is 37.8 Å². The third kappa shape index (κ3) is 4.15. The van der Waals surface area contributed by atoms with Crippen molar-refractivity contribution < 1.29 is 5.11 Å². The van der Waals surface area contributed by atoms with Gasteiger partial charge in [0.15, 0.2) is 0 Å². The van der Waals surface area contributed by atoms with E-state index in [9.17, 15) is 5.11 Å². The van der Waals surface area contributed by atoms with E-state index in [2.05, 4.69) is 12.1 Å². The first-order chi connectivity index (χ1) is 7.50. The summed E-state index contributed by atoms with van der Waals surface area (Å²) in [5, 5.41) is 10.5. The molecule has 0 aliphatic rings. The van der Waals surface area contributed by atoms with Gasteiger partial charge in [-0.15, -0.1) is 0 Å². The second-order valence-corrected chi connectivity index (χ2v) is 5.21. The number of halogens is 1. The average Bonchev–Trinajstić information content (AvgIpc) is 2.20. The van der Waals surface area contributed by atoms with Gasteiger partial charge in [-0.1, -0.05) is 37.6 Å². The van der Waals surface area contributed by atoms with Crippen LogP contribution in [-0.2, 0) is 6.42 Å². The van der Waals surface area contributed by atoms with E-state index >= 15 is 0 Å². The number of benzene rings is 1. The maximum atomic E-state index is 9.68. The number of aliphatic hydroxyl groups excluding tert-OH is 1. The van der Waals surface area contributed by atoms with E-state index < -0.39 is 0 Å². The van der Waals surface area contributed by atoms with Crippen LogP contribution in [-0.4, -0.2) is 11.2 Å². The number of hydrogen-bond donors (Lipinski definition) is 1. The van der Waals surface area contributed by atoms with Crippen molar-refractivity contribution in [2.45, 2.75) is 46.1 Å². The Hall–Kier alpha value is -0.530. The average molecular weight is 241 g/mol. The topological polar surface area (TPSA) is 20.2 Å². The molecule has 0 radical (unpaired) electrons. The molecule has 0 aliphatic heterocycles. The van der Waals surface area contributed by atoms with Crippen LogP contribution in [0, 0.1) is 12.8 Å². The standard InChI is InChI=1S/C14H21ClO/c1-10(2)14(16)6-4-5-12-8-7-11(3)9-13(12)15/h7-10,14,16H,4-6H2,1-3H3. The molecule has 1 atom stereocenters. The van der Waals surface area contributed by atoms with E-state index in [1.54, 1.807) is 0 Å². The van der Waals surface area contributed by atoms with Crippen LogP contribution in [0.4, 0.5) is 0 Å². The van der Waals surface area contributed by atoms with E-state index in [1.807, 2.05) is 26.8 Å². The van der Waals surface area contributed by atoms with Crippen molar-refractivity contribution in [3.8, 4) is 0 Å². The van der Waals surface area contributed by atoms with Crippen molar-refractivity contribution in [3.05, 3.63) is 34.3 Å². The molecule has 0 saturated heterocycles. The maximum absolute atomic E-state index is 9.68. The molecule has 0 amide bonds. The monoisotopic (exact) mass is 240 g/mol. The van der Waals surface area contributed by atoms with Gasteiger partial charge in [0, 0.05) is 5.02 Å². The second-order valence-electron chi connectivity index (χ2n) is 4.80. The van der Waals surface area contributed by atoms with Crippen molar-refractivity contribution in [1.29, 1.82) is 0 Å². The van der Waals surface area contributed by atoms with Gasteiger partial charge in [0.2, 0.25) is 0 Å². The van der Waals surface area contributed by atoms with Gasteiger partial charge < -0.3 is 5.11 Å². The summed E-state index contributed by atoms with van der Waals surface area (Å²) in [5.74, 6) is 0.341. The second kappa shape index (κ2) is 6.27. The molecule has 0 bridgehead atoms. The lowest BCUT2D eigenvalue weighted by molar-refractivity contribution is 0.114. The Morgan fingerprint density at radius 3 is 2.56 bits per heavy atom. The van der Waals surface area contributed by atoms with Gasteiger partial charge in [0.05, 0.1) is 6.10 Å². The zero-order valence-corrected chi connectivity index (χ0v) is 11.1. The van der Waals surface area contributed by atoms with Gasteiger partial charge >= 0.3 is 0 Å².